The first-order chi connectivity index (χ1) is 11.0. The number of nitriles is 1. The van der Waals surface area contributed by atoms with E-state index in [0.717, 1.165) is 16.7 Å². The lowest BCUT2D eigenvalue weighted by Gasteiger charge is -2.16. The lowest BCUT2D eigenvalue weighted by Crippen LogP contribution is -2.08. The average Bonchev–Trinajstić information content (AvgIpc) is 2.54. The highest BCUT2D eigenvalue weighted by Gasteiger charge is 2.12. The minimum atomic E-state index is 0.0170. The normalized spacial score (nSPS) is 11.2. The summed E-state index contributed by atoms with van der Waals surface area (Å²) >= 11 is 0. The van der Waals surface area contributed by atoms with Crippen LogP contribution in [0.25, 0.3) is 11.6 Å². The van der Waals surface area contributed by atoms with Gasteiger partial charge in [-0.15, -0.1) is 0 Å². The van der Waals surface area contributed by atoms with Gasteiger partial charge in [0.1, 0.15) is 0 Å². The molecule has 0 aromatic heterocycles. The highest BCUT2D eigenvalue weighted by molar-refractivity contribution is 5.91. The molecule has 0 aliphatic heterocycles. The van der Waals surface area contributed by atoms with Crippen molar-refractivity contribution in [2.24, 2.45) is 0 Å². The van der Waals surface area contributed by atoms with Crippen LogP contribution in [0.3, 0.4) is 0 Å². The molecular formula is C20H21NO2. The van der Waals surface area contributed by atoms with Crippen LogP contribution < -0.4 is 9.47 Å². The third-order valence-corrected chi connectivity index (χ3v) is 3.37. The summed E-state index contributed by atoms with van der Waals surface area (Å²) in [5.74, 6) is 1.32. The van der Waals surface area contributed by atoms with Gasteiger partial charge in [0.2, 0.25) is 0 Å². The van der Waals surface area contributed by atoms with E-state index in [1.807, 2.05) is 69.3 Å². The molecule has 0 radical (unpaired) electrons. The van der Waals surface area contributed by atoms with Crippen LogP contribution in [-0.2, 0) is 0 Å². The van der Waals surface area contributed by atoms with Crippen molar-refractivity contribution in [1.82, 2.24) is 0 Å². The quantitative estimate of drug-likeness (QED) is 0.585. The maximum Gasteiger partial charge on any atom is 0.168 e. The molecule has 118 valence electrons. The number of allylic oxidation sites excluding steroid dienone is 1. The van der Waals surface area contributed by atoms with Crippen molar-refractivity contribution in [1.29, 1.82) is 5.26 Å². The Balaban J connectivity index is 2.51. The standard InChI is InChI=1S/C20H21NO2/c1-14(2)23-20-17(6-5-7-19(20)22-4)12-18(13-21)16-10-8-15(3)9-11-16/h5-12,14H,1-4H3/b18-12-. The van der Waals surface area contributed by atoms with Gasteiger partial charge in [-0.2, -0.15) is 5.26 Å². The largest absolute Gasteiger partial charge is 0.493 e. The molecule has 0 unspecified atom stereocenters. The molecule has 0 saturated carbocycles. The summed E-state index contributed by atoms with van der Waals surface area (Å²) in [4.78, 5) is 0. The summed E-state index contributed by atoms with van der Waals surface area (Å²) in [6.45, 7) is 5.95. The monoisotopic (exact) mass is 307 g/mol. The van der Waals surface area contributed by atoms with E-state index in [0.29, 0.717) is 17.1 Å². The number of aryl methyl sites for hydroxylation is 1. The molecule has 0 atom stereocenters. The van der Waals surface area contributed by atoms with Crippen molar-refractivity contribution >= 4 is 11.6 Å². The highest BCUT2D eigenvalue weighted by Crippen LogP contribution is 2.34. The van der Waals surface area contributed by atoms with Crippen molar-refractivity contribution in [2.75, 3.05) is 7.11 Å². The molecule has 0 fully saturated rings. The Morgan fingerprint density at radius 2 is 1.83 bits per heavy atom. The molecule has 3 heteroatoms. The minimum absolute atomic E-state index is 0.0170. The first-order valence-electron chi connectivity index (χ1n) is 7.57. The Bertz CT molecular complexity index is 737. The third-order valence-electron chi connectivity index (χ3n) is 3.37. The number of nitrogens with zero attached hydrogens (tertiary/aromatic N) is 1. The van der Waals surface area contributed by atoms with Gasteiger partial charge in [-0.05, 0) is 38.5 Å². The molecule has 0 aliphatic rings. The van der Waals surface area contributed by atoms with Crippen LogP contribution in [0.1, 0.15) is 30.5 Å². The van der Waals surface area contributed by atoms with Crippen molar-refractivity contribution in [3.05, 3.63) is 59.2 Å². The van der Waals surface area contributed by atoms with Crippen LogP contribution in [0.15, 0.2) is 42.5 Å². The van der Waals surface area contributed by atoms with Crippen LogP contribution in [-0.4, -0.2) is 13.2 Å². The highest BCUT2D eigenvalue weighted by atomic mass is 16.5. The number of benzene rings is 2. The fraction of sp³-hybridized carbons (Fsp3) is 0.250. The molecule has 0 heterocycles. The zero-order valence-corrected chi connectivity index (χ0v) is 14.0. The zero-order chi connectivity index (χ0) is 16.8. The van der Waals surface area contributed by atoms with E-state index in [9.17, 15) is 5.26 Å². The molecule has 2 aromatic rings. The van der Waals surface area contributed by atoms with Crippen LogP contribution in [0.5, 0.6) is 11.5 Å². The topological polar surface area (TPSA) is 42.2 Å². The van der Waals surface area contributed by atoms with E-state index in [1.165, 1.54) is 0 Å². The zero-order valence-electron chi connectivity index (χ0n) is 14.0. The lowest BCUT2D eigenvalue weighted by atomic mass is 10.0. The van der Waals surface area contributed by atoms with Gasteiger partial charge in [0.25, 0.3) is 0 Å². The lowest BCUT2D eigenvalue weighted by molar-refractivity contribution is 0.229. The fourth-order valence-corrected chi connectivity index (χ4v) is 2.24. The number of hydrogen-bond donors (Lipinski definition) is 0. The summed E-state index contributed by atoms with van der Waals surface area (Å²) < 4.78 is 11.3. The van der Waals surface area contributed by atoms with Gasteiger partial charge in [0.15, 0.2) is 11.5 Å². The molecule has 2 rings (SSSR count). The van der Waals surface area contributed by atoms with Gasteiger partial charge < -0.3 is 9.47 Å². The third kappa shape index (κ3) is 4.14. The summed E-state index contributed by atoms with van der Waals surface area (Å²) in [5, 5.41) is 9.52. The van der Waals surface area contributed by atoms with Gasteiger partial charge in [-0.3, -0.25) is 0 Å². The molecule has 3 nitrogen and oxygen atoms in total. The number of methoxy groups -OCH3 is 1. The molecular weight excluding hydrogens is 286 g/mol. The van der Waals surface area contributed by atoms with Gasteiger partial charge in [-0.25, -0.2) is 0 Å². The predicted octanol–water partition coefficient (Wildman–Crippen LogP) is 4.86. The molecule has 23 heavy (non-hydrogen) atoms. The fourth-order valence-electron chi connectivity index (χ4n) is 2.24. The Hall–Kier alpha value is -2.73. The summed E-state index contributed by atoms with van der Waals surface area (Å²) in [6.07, 6.45) is 1.86. The van der Waals surface area contributed by atoms with Crippen molar-refractivity contribution in [3.63, 3.8) is 0 Å². The summed E-state index contributed by atoms with van der Waals surface area (Å²) in [6, 6.07) is 15.8. The molecule has 2 aromatic carbocycles. The van der Waals surface area contributed by atoms with Crippen LogP contribution in [0, 0.1) is 18.3 Å². The molecule has 0 N–H and O–H groups in total. The Morgan fingerprint density at radius 3 is 2.39 bits per heavy atom. The van der Waals surface area contributed by atoms with E-state index in [1.54, 1.807) is 7.11 Å². The molecule has 0 bridgehead atoms. The van der Waals surface area contributed by atoms with Crippen LogP contribution in [0.2, 0.25) is 0 Å². The molecule has 0 saturated heterocycles. The second-order valence-corrected chi connectivity index (χ2v) is 5.58. The van der Waals surface area contributed by atoms with Crippen molar-refractivity contribution in [3.8, 4) is 17.6 Å². The average molecular weight is 307 g/mol. The molecule has 0 amide bonds. The van der Waals surface area contributed by atoms with Gasteiger partial charge >= 0.3 is 0 Å². The van der Waals surface area contributed by atoms with E-state index >= 15 is 0 Å². The number of rotatable bonds is 5. The van der Waals surface area contributed by atoms with Crippen LogP contribution >= 0.6 is 0 Å². The minimum Gasteiger partial charge on any atom is -0.493 e. The number of ether oxygens (including phenoxy) is 2. The van der Waals surface area contributed by atoms with E-state index in [-0.39, 0.29) is 6.10 Å². The van der Waals surface area contributed by atoms with Gasteiger partial charge in [0.05, 0.1) is 24.9 Å². The van der Waals surface area contributed by atoms with Gasteiger partial charge in [-0.1, -0.05) is 42.0 Å². The summed E-state index contributed by atoms with van der Waals surface area (Å²) in [7, 11) is 1.61. The van der Waals surface area contributed by atoms with E-state index in [2.05, 4.69) is 6.07 Å². The smallest absolute Gasteiger partial charge is 0.168 e. The first-order valence-corrected chi connectivity index (χ1v) is 7.57. The first kappa shape index (κ1) is 16.6. The van der Waals surface area contributed by atoms with E-state index < -0.39 is 0 Å². The Kier molecular flexibility index (Phi) is 5.43. The Labute approximate surface area is 137 Å². The second kappa shape index (κ2) is 7.51. The maximum atomic E-state index is 9.52. The van der Waals surface area contributed by atoms with Crippen LogP contribution in [0.4, 0.5) is 0 Å². The van der Waals surface area contributed by atoms with Crippen molar-refractivity contribution in [2.45, 2.75) is 26.9 Å². The number of para-hydroxylation sites is 1. The molecule has 0 spiro atoms. The predicted molar refractivity (Wildman–Crippen MR) is 93.4 cm³/mol. The number of hydrogen-bond acceptors (Lipinski definition) is 3. The van der Waals surface area contributed by atoms with E-state index in [4.69, 9.17) is 9.47 Å². The summed E-state index contributed by atoms with van der Waals surface area (Å²) in [5.41, 5.74) is 3.47. The SMILES string of the molecule is COc1cccc(/C=C(/C#N)c2ccc(C)cc2)c1OC(C)C. The Morgan fingerprint density at radius 1 is 1.13 bits per heavy atom. The second-order valence-electron chi connectivity index (χ2n) is 5.58. The maximum absolute atomic E-state index is 9.52. The molecule has 0 aliphatic carbocycles. The van der Waals surface area contributed by atoms with Gasteiger partial charge in [0, 0.05) is 5.56 Å². The van der Waals surface area contributed by atoms with Crippen molar-refractivity contribution < 1.29 is 9.47 Å².